The molecule has 1 atom stereocenters. The Bertz CT molecular complexity index is 1010. The van der Waals surface area contributed by atoms with Gasteiger partial charge in [0.2, 0.25) is 12.0 Å². The number of carboxylic acids is 1. The first kappa shape index (κ1) is 23.2. The summed E-state index contributed by atoms with van der Waals surface area (Å²) in [5.41, 5.74) is 6.20. The van der Waals surface area contributed by atoms with E-state index in [0.717, 1.165) is 0 Å². The second-order valence-corrected chi connectivity index (χ2v) is 6.68. The van der Waals surface area contributed by atoms with Crippen molar-refractivity contribution < 1.29 is 33.8 Å². The highest BCUT2D eigenvalue weighted by Crippen LogP contribution is 2.19. The van der Waals surface area contributed by atoms with Crippen molar-refractivity contribution in [1.29, 1.82) is 0 Å². The average molecular weight is 424 g/mol. The Morgan fingerprint density at radius 3 is 2.10 bits per heavy atom. The number of aliphatic imine (C=N–C) groups is 1. The van der Waals surface area contributed by atoms with E-state index < -0.39 is 23.6 Å². The van der Waals surface area contributed by atoms with Crippen molar-refractivity contribution in [3.8, 4) is 5.75 Å². The van der Waals surface area contributed by atoms with Crippen LogP contribution in [0.3, 0.4) is 0 Å². The van der Waals surface area contributed by atoms with Crippen molar-refractivity contribution in [2.24, 2.45) is 16.6 Å². The molecule has 2 aromatic rings. The van der Waals surface area contributed by atoms with Gasteiger partial charge in [-0.05, 0) is 55.0 Å². The largest absolute Gasteiger partial charge is 0.486 e. The van der Waals surface area contributed by atoms with E-state index in [9.17, 15) is 24.0 Å². The third kappa shape index (κ3) is 7.34. The fraction of sp³-hybridized carbons (Fsp3) is 0.227. The number of benzene rings is 2. The molecular weight excluding hydrogens is 404 g/mol. The summed E-state index contributed by atoms with van der Waals surface area (Å²) in [7, 11) is 0. The maximum absolute atomic E-state index is 12.5. The highest BCUT2D eigenvalue weighted by Gasteiger charge is 2.22. The fourth-order valence-corrected chi connectivity index (χ4v) is 2.74. The van der Waals surface area contributed by atoms with Gasteiger partial charge in [-0.1, -0.05) is 0 Å². The molecule has 31 heavy (non-hydrogen) atoms. The molecule has 1 unspecified atom stereocenters. The maximum Gasteiger partial charge on any atom is 0.306 e. The molecule has 0 aliphatic heterocycles. The molecule has 1 amide bonds. The number of nitrogens with two attached hydrogens (primary N) is 1. The summed E-state index contributed by atoms with van der Waals surface area (Å²) in [6.07, 6.45) is 1.01. The van der Waals surface area contributed by atoms with Crippen LogP contribution in [0, 0.1) is 5.92 Å². The fourth-order valence-electron chi connectivity index (χ4n) is 2.74. The average Bonchev–Trinajstić information content (AvgIpc) is 2.75. The molecule has 0 aromatic heterocycles. The number of nitrogens with zero attached hydrogens (tertiary/aromatic N) is 1. The minimum Gasteiger partial charge on any atom is -0.486 e. The molecule has 2 aromatic carbocycles. The number of carbonyl (C=O) groups is 4. The molecule has 9 nitrogen and oxygen atoms in total. The van der Waals surface area contributed by atoms with Crippen molar-refractivity contribution in [3.63, 3.8) is 0 Å². The van der Waals surface area contributed by atoms with Crippen LogP contribution in [0.2, 0.25) is 0 Å². The van der Waals surface area contributed by atoms with Crippen molar-refractivity contribution in [2.75, 3.05) is 6.61 Å². The normalized spacial score (nSPS) is 11.1. The molecule has 0 spiro atoms. The Labute approximate surface area is 177 Å². The standard InChI is InChI=1S/C22H20N2O7/c23-20(27)10-5-16(22(29)30)11-18(26)12-31-19-8-3-15(4-9-19)21(28)14-1-6-17(7-2-14)24-13-25/h1-4,6-9,16H,5,10-12H2,(H2,23,27)(H,29,30). The quantitative estimate of drug-likeness (QED) is 0.301. The van der Waals surface area contributed by atoms with Crippen LogP contribution in [-0.2, 0) is 19.2 Å². The lowest BCUT2D eigenvalue weighted by atomic mass is 9.97. The van der Waals surface area contributed by atoms with Crippen molar-refractivity contribution in [1.82, 2.24) is 0 Å². The Hall–Kier alpha value is -4.10. The topological polar surface area (TPSA) is 153 Å². The number of Topliss-reactive ketones (excluding diaryl/α,β-unsaturated/α-hetero) is 1. The van der Waals surface area contributed by atoms with Crippen LogP contribution in [0.15, 0.2) is 53.5 Å². The van der Waals surface area contributed by atoms with Crippen LogP contribution in [0.1, 0.15) is 35.2 Å². The first-order valence-electron chi connectivity index (χ1n) is 9.28. The molecule has 0 fully saturated rings. The summed E-state index contributed by atoms with van der Waals surface area (Å²) in [5, 5.41) is 9.14. The van der Waals surface area contributed by atoms with Crippen LogP contribution in [0.25, 0.3) is 0 Å². The van der Waals surface area contributed by atoms with Crippen molar-refractivity contribution in [2.45, 2.75) is 19.3 Å². The molecule has 2 rings (SSSR count). The second-order valence-electron chi connectivity index (χ2n) is 6.68. The first-order valence-corrected chi connectivity index (χ1v) is 9.28. The summed E-state index contributed by atoms with van der Waals surface area (Å²) >= 11 is 0. The summed E-state index contributed by atoms with van der Waals surface area (Å²) in [4.78, 5) is 60.2. The number of carboxylic acid groups (broad SMARTS) is 1. The van der Waals surface area contributed by atoms with E-state index in [2.05, 4.69) is 4.99 Å². The number of ketones is 2. The SMILES string of the molecule is NC(=O)CCC(CC(=O)COc1ccc(C(=O)c2ccc(N=C=O)cc2)cc1)C(=O)O. The summed E-state index contributed by atoms with van der Waals surface area (Å²) in [6, 6.07) is 12.2. The van der Waals surface area contributed by atoms with Crippen LogP contribution < -0.4 is 10.5 Å². The molecule has 0 aliphatic rings. The molecule has 160 valence electrons. The molecule has 0 bridgehead atoms. The van der Waals surface area contributed by atoms with Gasteiger partial charge in [0.15, 0.2) is 11.6 Å². The zero-order chi connectivity index (χ0) is 22.8. The Morgan fingerprint density at radius 2 is 1.58 bits per heavy atom. The van der Waals surface area contributed by atoms with E-state index in [0.29, 0.717) is 22.6 Å². The predicted molar refractivity (Wildman–Crippen MR) is 109 cm³/mol. The van der Waals surface area contributed by atoms with Gasteiger partial charge in [0.1, 0.15) is 12.4 Å². The first-order chi connectivity index (χ1) is 14.8. The van der Waals surface area contributed by atoms with E-state index in [-0.39, 0.29) is 31.7 Å². The van der Waals surface area contributed by atoms with Gasteiger partial charge in [-0.3, -0.25) is 19.2 Å². The lowest BCUT2D eigenvalue weighted by molar-refractivity contribution is -0.144. The Kier molecular flexibility index (Phi) is 8.36. The second kappa shape index (κ2) is 11.2. The number of primary amides is 1. The number of hydrogen-bond donors (Lipinski definition) is 2. The van der Waals surface area contributed by atoms with Gasteiger partial charge < -0.3 is 15.6 Å². The minimum atomic E-state index is -1.18. The number of aliphatic carboxylic acids is 1. The number of carbonyl (C=O) groups excluding carboxylic acids is 4. The number of hydrogen-bond acceptors (Lipinski definition) is 7. The smallest absolute Gasteiger partial charge is 0.306 e. The lowest BCUT2D eigenvalue weighted by Gasteiger charge is -2.11. The van der Waals surface area contributed by atoms with E-state index in [1.165, 1.54) is 42.5 Å². The summed E-state index contributed by atoms with van der Waals surface area (Å²) < 4.78 is 5.36. The van der Waals surface area contributed by atoms with Gasteiger partial charge in [-0.15, -0.1) is 0 Å². The summed E-state index contributed by atoms with van der Waals surface area (Å²) in [5.74, 6) is -3.16. The minimum absolute atomic E-state index is 0.0182. The molecule has 0 radical (unpaired) electrons. The lowest BCUT2D eigenvalue weighted by Crippen LogP contribution is -2.23. The third-order valence-corrected chi connectivity index (χ3v) is 4.38. The number of isocyanates is 1. The van der Waals surface area contributed by atoms with E-state index in [1.807, 2.05) is 0 Å². The monoisotopic (exact) mass is 424 g/mol. The number of ether oxygens (including phenoxy) is 1. The molecule has 0 aliphatic carbocycles. The van der Waals surface area contributed by atoms with Crippen LogP contribution in [-0.4, -0.2) is 41.2 Å². The van der Waals surface area contributed by atoms with E-state index in [4.69, 9.17) is 15.6 Å². The predicted octanol–water partition coefficient (Wildman–Crippen LogP) is 2.19. The van der Waals surface area contributed by atoms with Gasteiger partial charge in [0.05, 0.1) is 11.6 Å². The Balaban J connectivity index is 1.92. The van der Waals surface area contributed by atoms with E-state index in [1.54, 1.807) is 12.1 Å². The molecule has 0 saturated heterocycles. The number of rotatable bonds is 12. The Morgan fingerprint density at radius 1 is 1.00 bits per heavy atom. The van der Waals surface area contributed by atoms with E-state index >= 15 is 0 Å². The maximum atomic E-state index is 12.5. The van der Waals surface area contributed by atoms with Crippen LogP contribution in [0.5, 0.6) is 5.75 Å². The molecule has 0 heterocycles. The molecular formula is C22H20N2O7. The zero-order valence-corrected chi connectivity index (χ0v) is 16.4. The highest BCUT2D eigenvalue weighted by atomic mass is 16.5. The number of amides is 1. The van der Waals surface area contributed by atoms with Gasteiger partial charge in [-0.25, -0.2) is 4.79 Å². The molecule has 9 heteroatoms. The highest BCUT2D eigenvalue weighted by molar-refractivity contribution is 6.09. The van der Waals surface area contributed by atoms with Gasteiger partial charge in [-0.2, -0.15) is 4.99 Å². The zero-order valence-electron chi connectivity index (χ0n) is 16.4. The van der Waals surface area contributed by atoms with Crippen molar-refractivity contribution in [3.05, 3.63) is 59.7 Å². The van der Waals surface area contributed by atoms with Crippen LogP contribution in [0.4, 0.5) is 5.69 Å². The van der Waals surface area contributed by atoms with Gasteiger partial charge in [0, 0.05) is 24.0 Å². The summed E-state index contributed by atoms with van der Waals surface area (Å²) in [6.45, 7) is -0.341. The van der Waals surface area contributed by atoms with Crippen molar-refractivity contribution >= 4 is 35.2 Å². The van der Waals surface area contributed by atoms with Gasteiger partial charge >= 0.3 is 5.97 Å². The molecule has 0 saturated carbocycles. The van der Waals surface area contributed by atoms with Gasteiger partial charge in [0.25, 0.3) is 0 Å². The van der Waals surface area contributed by atoms with Crippen LogP contribution >= 0.6 is 0 Å². The third-order valence-electron chi connectivity index (χ3n) is 4.38. The molecule has 3 N–H and O–H groups in total.